The Morgan fingerprint density at radius 2 is 2.00 bits per heavy atom. The Morgan fingerprint density at radius 1 is 1.28 bits per heavy atom. The van der Waals surface area contributed by atoms with Crippen molar-refractivity contribution in [2.24, 2.45) is 16.8 Å². The van der Waals surface area contributed by atoms with Crippen LogP contribution in [0.4, 0.5) is 0 Å². The molecule has 2 nitrogen and oxygen atoms in total. The molecule has 0 radical (unpaired) electrons. The van der Waals surface area contributed by atoms with Gasteiger partial charge in [0.15, 0.2) is 5.90 Å². The van der Waals surface area contributed by atoms with Crippen LogP contribution < -0.4 is 0 Å². The van der Waals surface area contributed by atoms with E-state index in [1.807, 2.05) is 6.07 Å². The highest BCUT2D eigenvalue weighted by molar-refractivity contribution is 5.80. The molecule has 1 aliphatic heterocycles. The standard InChI is InChI=1S/C16H23NO/c1-4-12(2)13(3)16-17-15(11-18-16)10-14-8-6-5-7-9-14/h5-9,12-13,15H,4,10-11H2,1-3H3/t12-,13-,15-/m0/s1. The average Bonchev–Trinajstić information content (AvgIpc) is 2.86. The Bertz CT molecular complexity index is 399. The fraction of sp³-hybridized carbons (Fsp3) is 0.562. The summed E-state index contributed by atoms with van der Waals surface area (Å²) >= 11 is 0. The van der Waals surface area contributed by atoms with Gasteiger partial charge >= 0.3 is 0 Å². The molecule has 1 aromatic rings. The van der Waals surface area contributed by atoms with E-state index in [1.165, 1.54) is 12.0 Å². The highest BCUT2D eigenvalue weighted by atomic mass is 16.5. The normalized spacial score (nSPS) is 22.2. The molecule has 0 aliphatic carbocycles. The summed E-state index contributed by atoms with van der Waals surface area (Å²) in [5.74, 6) is 2.04. The molecule has 18 heavy (non-hydrogen) atoms. The van der Waals surface area contributed by atoms with Crippen molar-refractivity contribution in [3.05, 3.63) is 35.9 Å². The van der Waals surface area contributed by atoms with E-state index < -0.39 is 0 Å². The third-order valence-corrected chi connectivity index (χ3v) is 3.93. The van der Waals surface area contributed by atoms with Gasteiger partial charge in [0.05, 0.1) is 6.04 Å². The van der Waals surface area contributed by atoms with Crippen LogP contribution in [0.2, 0.25) is 0 Å². The van der Waals surface area contributed by atoms with Crippen LogP contribution in [0.15, 0.2) is 35.3 Å². The molecule has 0 bridgehead atoms. The molecule has 3 atom stereocenters. The van der Waals surface area contributed by atoms with Gasteiger partial charge in [0.1, 0.15) is 6.61 Å². The number of rotatable bonds is 5. The number of benzene rings is 1. The summed E-state index contributed by atoms with van der Waals surface area (Å²) in [6, 6.07) is 10.8. The van der Waals surface area contributed by atoms with E-state index in [0.717, 1.165) is 18.9 Å². The average molecular weight is 245 g/mol. The number of hydrogen-bond acceptors (Lipinski definition) is 2. The Kier molecular flexibility index (Phi) is 4.40. The third-order valence-electron chi connectivity index (χ3n) is 3.93. The molecule has 0 N–H and O–H groups in total. The highest BCUT2D eigenvalue weighted by Gasteiger charge is 2.25. The van der Waals surface area contributed by atoms with Crippen LogP contribution in [0.3, 0.4) is 0 Å². The molecule has 1 heterocycles. The molecule has 1 aromatic carbocycles. The second-order valence-electron chi connectivity index (χ2n) is 5.30. The molecule has 98 valence electrons. The molecule has 0 saturated carbocycles. The van der Waals surface area contributed by atoms with Crippen molar-refractivity contribution in [2.45, 2.75) is 39.7 Å². The Labute approximate surface area is 110 Å². The zero-order chi connectivity index (χ0) is 13.0. The summed E-state index contributed by atoms with van der Waals surface area (Å²) < 4.78 is 5.77. The maximum atomic E-state index is 5.77. The molecule has 0 amide bonds. The number of hydrogen-bond donors (Lipinski definition) is 0. The van der Waals surface area contributed by atoms with Gasteiger partial charge in [0.25, 0.3) is 0 Å². The van der Waals surface area contributed by atoms with Crippen LogP contribution in [-0.2, 0) is 11.2 Å². The zero-order valence-corrected chi connectivity index (χ0v) is 11.6. The zero-order valence-electron chi connectivity index (χ0n) is 11.6. The summed E-state index contributed by atoms with van der Waals surface area (Å²) in [6.45, 7) is 7.45. The lowest BCUT2D eigenvalue weighted by Crippen LogP contribution is -2.18. The SMILES string of the molecule is CC[C@H](C)[C@H](C)C1=N[C@@H](Cc2ccccc2)CO1. The fourth-order valence-corrected chi connectivity index (χ4v) is 2.27. The van der Waals surface area contributed by atoms with Crippen LogP contribution in [0.5, 0.6) is 0 Å². The molecular formula is C16H23NO. The van der Waals surface area contributed by atoms with Gasteiger partial charge in [-0.3, -0.25) is 0 Å². The summed E-state index contributed by atoms with van der Waals surface area (Å²) in [6.07, 6.45) is 2.16. The molecule has 0 aromatic heterocycles. The summed E-state index contributed by atoms with van der Waals surface area (Å²) in [4.78, 5) is 4.75. The van der Waals surface area contributed by atoms with E-state index in [0.29, 0.717) is 17.9 Å². The van der Waals surface area contributed by atoms with Crippen LogP contribution in [0.25, 0.3) is 0 Å². The van der Waals surface area contributed by atoms with Crippen LogP contribution in [0.1, 0.15) is 32.8 Å². The van der Waals surface area contributed by atoms with Crippen molar-refractivity contribution in [3.8, 4) is 0 Å². The van der Waals surface area contributed by atoms with E-state index in [9.17, 15) is 0 Å². The molecule has 0 spiro atoms. The quantitative estimate of drug-likeness (QED) is 0.775. The van der Waals surface area contributed by atoms with E-state index in [4.69, 9.17) is 9.73 Å². The summed E-state index contributed by atoms with van der Waals surface area (Å²) in [5, 5.41) is 0. The van der Waals surface area contributed by atoms with E-state index in [1.54, 1.807) is 0 Å². The lowest BCUT2D eigenvalue weighted by atomic mass is 9.93. The lowest BCUT2D eigenvalue weighted by Gasteiger charge is -2.17. The van der Waals surface area contributed by atoms with Gasteiger partial charge in [-0.25, -0.2) is 4.99 Å². The van der Waals surface area contributed by atoms with Crippen LogP contribution >= 0.6 is 0 Å². The minimum absolute atomic E-state index is 0.300. The topological polar surface area (TPSA) is 21.6 Å². The number of aliphatic imine (C=N–C) groups is 1. The van der Waals surface area contributed by atoms with Crippen molar-refractivity contribution < 1.29 is 4.74 Å². The Morgan fingerprint density at radius 3 is 2.67 bits per heavy atom. The van der Waals surface area contributed by atoms with Gasteiger partial charge in [0, 0.05) is 5.92 Å². The second kappa shape index (κ2) is 6.03. The van der Waals surface area contributed by atoms with Crippen molar-refractivity contribution in [1.29, 1.82) is 0 Å². The number of nitrogens with zero attached hydrogens (tertiary/aromatic N) is 1. The predicted octanol–water partition coefficient (Wildman–Crippen LogP) is 3.71. The minimum Gasteiger partial charge on any atom is -0.478 e. The smallest absolute Gasteiger partial charge is 0.186 e. The monoisotopic (exact) mass is 245 g/mol. The van der Waals surface area contributed by atoms with Crippen molar-refractivity contribution >= 4 is 5.90 Å². The van der Waals surface area contributed by atoms with Crippen molar-refractivity contribution in [1.82, 2.24) is 0 Å². The Hall–Kier alpha value is -1.31. The molecule has 0 fully saturated rings. The van der Waals surface area contributed by atoms with Gasteiger partial charge in [0.2, 0.25) is 0 Å². The van der Waals surface area contributed by atoms with Gasteiger partial charge in [-0.1, -0.05) is 57.5 Å². The van der Waals surface area contributed by atoms with E-state index in [-0.39, 0.29) is 0 Å². The first-order valence-corrected chi connectivity index (χ1v) is 6.95. The van der Waals surface area contributed by atoms with Gasteiger partial charge in [-0.15, -0.1) is 0 Å². The third kappa shape index (κ3) is 3.12. The van der Waals surface area contributed by atoms with E-state index >= 15 is 0 Å². The molecule has 2 heteroatoms. The van der Waals surface area contributed by atoms with Crippen molar-refractivity contribution in [3.63, 3.8) is 0 Å². The second-order valence-corrected chi connectivity index (χ2v) is 5.30. The minimum atomic E-state index is 0.300. The van der Waals surface area contributed by atoms with Gasteiger partial charge in [-0.05, 0) is 17.9 Å². The molecular weight excluding hydrogens is 222 g/mol. The summed E-state index contributed by atoms with van der Waals surface area (Å²) in [5.41, 5.74) is 1.34. The van der Waals surface area contributed by atoms with Gasteiger partial charge < -0.3 is 4.74 Å². The molecule has 0 unspecified atom stereocenters. The Balaban J connectivity index is 1.96. The van der Waals surface area contributed by atoms with Crippen molar-refractivity contribution in [2.75, 3.05) is 6.61 Å². The maximum absolute atomic E-state index is 5.77. The molecule has 2 rings (SSSR count). The van der Waals surface area contributed by atoms with Crippen LogP contribution in [0, 0.1) is 11.8 Å². The summed E-state index contributed by atoms with van der Waals surface area (Å²) in [7, 11) is 0. The predicted molar refractivity (Wildman–Crippen MR) is 75.9 cm³/mol. The maximum Gasteiger partial charge on any atom is 0.186 e. The van der Waals surface area contributed by atoms with Gasteiger partial charge in [-0.2, -0.15) is 0 Å². The molecule has 0 saturated heterocycles. The largest absolute Gasteiger partial charge is 0.478 e. The highest BCUT2D eigenvalue weighted by Crippen LogP contribution is 2.22. The first-order valence-electron chi connectivity index (χ1n) is 6.95. The van der Waals surface area contributed by atoms with Crippen LogP contribution in [-0.4, -0.2) is 18.5 Å². The van der Waals surface area contributed by atoms with E-state index in [2.05, 4.69) is 45.0 Å². The fourth-order valence-electron chi connectivity index (χ4n) is 2.27. The first-order chi connectivity index (χ1) is 8.70. The number of ether oxygens (including phenoxy) is 1. The lowest BCUT2D eigenvalue weighted by molar-refractivity contribution is 0.283. The first kappa shape index (κ1) is 13.1. The molecule has 1 aliphatic rings.